The minimum atomic E-state index is -0.254. The Morgan fingerprint density at radius 2 is 2.00 bits per heavy atom. The summed E-state index contributed by atoms with van der Waals surface area (Å²) >= 11 is 4.73. The summed E-state index contributed by atoms with van der Waals surface area (Å²) in [7, 11) is 0. The zero-order valence-corrected chi connectivity index (χ0v) is 12.3. The van der Waals surface area contributed by atoms with Gasteiger partial charge in [-0.1, -0.05) is 18.3 Å². The zero-order chi connectivity index (χ0) is 15.2. The van der Waals surface area contributed by atoms with Gasteiger partial charge in [-0.2, -0.15) is 0 Å². The molecule has 2 aromatic rings. The molecule has 3 N–H and O–H groups in total. The maximum atomic E-state index is 12.0. The van der Waals surface area contributed by atoms with Crippen LogP contribution in [0.25, 0.3) is 0 Å². The topological polar surface area (TPSA) is 77.2 Å². The lowest BCUT2D eigenvalue weighted by Gasteiger charge is -2.07. The number of aryl methyl sites for hydroxylation is 1. The molecule has 21 heavy (non-hydrogen) atoms. The van der Waals surface area contributed by atoms with Crippen molar-refractivity contribution in [3.63, 3.8) is 0 Å². The van der Waals surface area contributed by atoms with Crippen molar-refractivity contribution in [3.05, 3.63) is 53.9 Å². The molecule has 0 radical (unpaired) electrons. The predicted molar refractivity (Wildman–Crippen MR) is 85.6 cm³/mol. The van der Waals surface area contributed by atoms with Crippen molar-refractivity contribution < 1.29 is 9.53 Å². The van der Waals surface area contributed by atoms with E-state index in [1.807, 2.05) is 13.0 Å². The van der Waals surface area contributed by atoms with E-state index in [0.717, 1.165) is 5.69 Å². The molecule has 0 aliphatic heterocycles. The molecule has 1 amide bonds. The van der Waals surface area contributed by atoms with Gasteiger partial charge >= 0.3 is 0 Å². The van der Waals surface area contributed by atoms with Crippen LogP contribution >= 0.6 is 12.2 Å². The lowest BCUT2D eigenvalue weighted by Crippen LogP contribution is -2.17. The number of nitrogens with zero attached hydrogens (tertiary/aromatic N) is 1. The van der Waals surface area contributed by atoms with Crippen molar-refractivity contribution in [2.45, 2.75) is 6.92 Å². The largest absolute Gasteiger partial charge is 0.487 e. The van der Waals surface area contributed by atoms with E-state index >= 15 is 0 Å². The molecule has 1 aromatic heterocycles. The Hall–Kier alpha value is -2.47. The number of carbonyl (C=O) groups is 1. The number of aromatic nitrogens is 1. The van der Waals surface area contributed by atoms with Gasteiger partial charge in [0.2, 0.25) is 0 Å². The van der Waals surface area contributed by atoms with Gasteiger partial charge in [-0.05, 0) is 43.3 Å². The van der Waals surface area contributed by atoms with E-state index in [4.69, 9.17) is 22.7 Å². The summed E-state index contributed by atoms with van der Waals surface area (Å²) in [6, 6.07) is 12.2. The summed E-state index contributed by atoms with van der Waals surface area (Å²) in [5.41, 5.74) is 7.19. The third-order valence-electron chi connectivity index (χ3n) is 2.61. The van der Waals surface area contributed by atoms with E-state index in [2.05, 4.69) is 10.3 Å². The van der Waals surface area contributed by atoms with Crippen LogP contribution < -0.4 is 15.8 Å². The fourth-order valence-corrected chi connectivity index (χ4v) is 1.71. The van der Waals surface area contributed by atoms with Crippen molar-refractivity contribution in [1.29, 1.82) is 0 Å². The average molecular weight is 301 g/mol. The number of anilines is 1. The fourth-order valence-electron chi connectivity index (χ4n) is 1.65. The number of carbonyl (C=O) groups excluding carboxylic acids is 1. The van der Waals surface area contributed by atoms with Crippen molar-refractivity contribution >= 4 is 28.8 Å². The number of hydrogen-bond donors (Lipinski definition) is 2. The Bertz CT molecular complexity index is 656. The smallest absolute Gasteiger partial charge is 0.274 e. The number of nitrogens with one attached hydrogen (secondary N) is 1. The first kappa shape index (κ1) is 14.9. The Balaban J connectivity index is 2.00. The molecule has 0 atom stereocenters. The summed E-state index contributed by atoms with van der Waals surface area (Å²) in [4.78, 5) is 16.5. The van der Waals surface area contributed by atoms with E-state index in [-0.39, 0.29) is 17.5 Å². The van der Waals surface area contributed by atoms with E-state index < -0.39 is 0 Å². The highest BCUT2D eigenvalue weighted by Crippen LogP contribution is 2.16. The summed E-state index contributed by atoms with van der Waals surface area (Å²) in [6.45, 7) is 2.03. The quantitative estimate of drug-likeness (QED) is 0.829. The number of benzene rings is 1. The van der Waals surface area contributed by atoms with Crippen LogP contribution in [0, 0.1) is 6.92 Å². The molecule has 0 bridgehead atoms. The number of amides is 1. The van der Waals surface area contributed by atoms with Crippen LogP contribution in [0.2, 0.25) is 0 Å². The van der Waals surface area contributed by atoms with Crippen LogP contribution in [-0.4, -0.2) is 22.5 Å². The van der Waals surface area contributed by atoms with E-state index in [1.165, 1.54) is 0 Å². The molecule has 5 nitrogen and oxygen atoms in total. The Morgan fingerprint density at radius 1 is 1.29 bits per heavy atom. The van der Waals surface area contributed by atoms with Gasteiger partial charge in [0.05, 0.1) is 0 Å². The van der Waals surface area contributed by atoms with Gasteiger partial charge in [0.1, 0.15) is 23.0 Å². The highest BCUT2D eigenvalue weighted by molar-refractivity contribution is 7.80. The molecular formula is C15H15N3O2S. The van der Waals surface area contributed by atoms with Crippen LogP contribution in [0.3, 0.4) is 0 Å². The molecule has 1 heterocycles. The summed E-state index contributed by atoms with van der Waals surface area (Å²) in [6.07, 6.45) is 0. The first-order valence-corrected chi connectivity index (χ1v) is 6.71. The Labute approximate surface area is 128 Å². The molecule has 108 valence electrons. The Kier molecular flexibility index (Phi) is 4.84. The van der Waals surface area contributed by atoms with Crippen molar-refractivity contribution in [2.24, 2.45) is 5.73 Å². The van der Waals surface area contributed by atoms with Gasteiger partial charge in [0.25, 0.3) is 5.91 Å². The molecule has 0 saturated heterocycles. The Morgan fingerprint density at radius 3 is 2.62 bits per heavy atom. The van der Waals surface area contributed by atoms with Crippen LogP contribution in [0.5, 0.6) is 5.75 Å². The fraction of sp³-hybridized carbons (Fsp3) is 0.133. The second-order valence-corrected chi connectivity index (χ2v) is 4.92. The van der Waals surface area contributed by atoms with Crippen molar-refractivity contribution in [2.75, 3.05) is 11.9 Å². The summed E-state index contributed by atoms with van der Waals surface area (Å²) in [5, 5.41) is 2.77. The lowest BCUT2D eigenvalue weighted by molar-refractivity contribution is 0.102. The van der Waals surface area contributed by atoms with Crippen LogP contribution in [-0.2, 0) is 0 Å². The molecule has 0 saturated carbocycles. The molecule has 0 aliphatic rings. The van der Waals surface area contributed by atoms with E-state index in [1.54, 1.807) is 36.4 Å². The lowest BCUT2D eigenvalue weighted by atomic mass is 10.2. The first-order chi connectivity index (χ1) is 10.0. The first-order valence-electron chi connectivity index (χ1n) is 6.31. The maximum absolute atomic E-state index is 12.0. The predicted octanol–water partition coefficient (Wildman–Crippen LogP) is 2.31. The van der Waals surface area contributed by atoms with Gasteiger partial charge in [0.15, 0.2) is 0 Å². The molecule has 0 spiro atoms. The SMILES string of the molecule is Cc1cccc(C(=O)Nc2ccc(OCC(N)=S)cc2)n1. The molecule has 0 aliphatic carbocycles. The standard InChI is InChI=1S/C15H15N3O2S/c1-10-3-2-4-13(17-10)15(19)18-11-5-7-12(8-6-11)20-9-14(16)21/h2-8H,9H2,1H3,(H2,16,21)(H,18,19). The molecule has 6 heteroatoms. The third-order valence-corrected chi connectivity index (χ3v) is 2.73. The zero-order valence-electron chi connectivity index (χ0n) is 11.5. The van der Waals surface area contributed by atoms with E-state index in [0.29, 0.717) is 17.1 Å². The van der Waals surface area contributed by atoms with Crippen LogP contribution in [0.1, 0.15) is 16.2 Å². The van der Waals surface area contributed by atoms with Gasteiger partial charge in [-0.15, -0.1) is 0 Å². The van der Waals surface area contributed by atoms with Gasteiger partial charge in [-0.25, -0.2) is 4.98 Å². The second-order valence-electron chi connectivity index (χ2n) is 4.40. The number of nitrogens with two attached hydrogens (primary N) is 1. The minimum absolute atomic E-state index is 0.189. The van der Waals surface area contributed by atoms with Crippen molar-refractivity contribution in [1.82, 2.24) is 4.98 Å². The number of thiocarbonyl (C=S) groups is 1. The molecule has 0 fully saturated rings. The van der Waals surface area contributed by atoms with Crippen LogP contribution in [0.15, 0.2) is 42.5 Å². The third kappa shape index (κ3) is 4.54. The number of hydrogen-bond acceptors (Lipinski definition) is 4. The number of ether oxygens (including phenoxy) is 1. The highest BCUT2D eigenvalue weighted by atomic mass is 32.1. The van der Waals surface area contributed by atoms with Gasteiger partial charge in [0, 0.05) is 11.4 Å². The van der Waals surface area contributed by atoms with Gasteiger partial charge in [-0.3, -0.25) is 4.79 Å². The molecule has 1 aromatic carbocycles. The van der Waals surface area contributed by atoms with Crippen LogP contribution in [0.4, 0.5) is 5.69 Å². The monoisotopic (exact) mass is 301 g/mol. The summed E-state index contributed by atoms with van der Waals surface area (Å²) < 4.78 is 5.34. The molecule has 2 rings (SSSR count). The normalized spacial score (nSPS) is 9.95. The van der Waals surface area contributed by atoms with Crippen molar-refractivity contribution in [3.8, 4) is 5.75 Å². The average Bonchev–Trinajstić information content (AvgIpc) is 2.46. The minimum Gasteiger partial charge on any atom is -0.487 e. The summed E-state index contributed by atoms with van der Waals surface area (Å²) in [5.74, 6) is 0.380. The molecular weight excluding hydrogens is 286 g/mol. The number of rotatable bonds is 5. The van der Waals surface area contributed by atoms with E-state index in [9.17, 15) is 4.79 Å². The number of pyridine rings is 1. The molecule has 0 unspecified atom stereocenters. The van der Waals surface area contributed by atoms with Gasteiger partial charge < -0.3 is 15.8 Å². The highest BCUT2D eigenvalue weighted by Gasteiger charge is 2.07. The second kappa shape index (κ2) is 6.81. The maximum Gasteiger partial charge on any atom is 0.274 e.